The van der Waals surface area contributed by atoms with Gasteiger partial charge in [0, 0.05) is 24.7 Å². The van der Waals surface area contributed by atoms with Crippen molar-refractivity contribution in [2.75, 3.05) is 19.6 Å². The van der Waals surface area contributed by atoms with Gasteiger partial charge in [-0.25, -0.2) is 8.78 Å². The minimum atomic E-state index is -0.775. The van der Waals surface area contributed by atoms with Gasteiger partial charge in [0.1, 0.15) is 0 Å². The standard InChI is InChI=1S/C15H22F2N2/c1-12(19-8-3-2-4-9-19)10-18-11-13-6-5-7-14(16)15(13)17/h5-7,12,18H,2-4,8-11H2,1H3. The van der Waals surface area contributed by atoms with Gasteiger partial charge >= 0.3 is 0 Å². The van der Waals surface area contributed by atoms with E-state index in [0.29, 0.717) is 18.2 Å². The minimum Gasteiger partial charge on any atom is -0.311 e. The van der Waals surface area contributed by atoms with E-state index in [9.17, 15) is 8.78 Å². The van der Waals surface area contributed by atoms with Crippen molar-refractivity contribution in [2.24, 2.45) is 0 Å². The number of nitrogens with zero attached hydrogens (tertiary/aromatic N) is 1. The maximum atomic E-state index is 13.5. The van der Waals surface area contributed by atoms with E-state index >= 15 is 0 Å². The van der Waals surface area contributed by atoms with Gasteiger partial charge in [-0.2, -0.15) is 0 Å². The third kappa shape index (κ3) is 3.98. The van der Waals surface area contributed by atoms with Gasteiger partial charge in [-0.15, -0.1) is 0 Å². The van der Waals surface area contributed by atoms with Crippen molar-refractivity contribution in [1.82, 2.24) is 10.2 Å². The van der Waals surface area contributed by atoms with Crippen LogP contribution in [-0.4, -0.2) is 30.6 Å². The lowest BCUT2D eigenvalue weighted by Crippen LogP contribution is -2.43. The Hall–Kier alpha value is -1.00. The molecule has 2 rings (SSSR count). The van der Waals surface area contributed by atoms with E-state index < -0.39 is 11.6 Å². The van der Waals surface area contributed by atoms with Crippen LogP contribution in [0.4, 0.5) is 8.78 Å². The molecule has 1 atom stereocenters. The first-order valence-corrected chi connectivity index (χ1v) is 7.06. The molecule has 0 amide bonds. The molecule has 1 aliphatic rings. The lowest BCUT2D eigenvalue weighted by molar-refractivity contribution is 0.170. The Bertz CT molecular complexity index is 403. The molecule has 0 aliphatic carbocycles. The van der Waals surface area contributed by atoms with Gasteiger partial charge < -0.3 is 5.32 Å². The molecule has 2 nitrogen and oxygen atoms in total. The van der Waals surface area contributed by atoms with Gasteiger partial charge in [-0.1, -0.05) is 18.6 Å². The average molecular weight is 268 g/mol. The summed E-state index contributed by atoms with van der Waals surface area (Å²) in [6.07, 6.45) is 3.86. The number of rotatable bonds is 5. The van der Waals surface area contributed by atoms with Crippen LogP contribution in [0.2, 0.25) is 0 Å². The SMILES string of the molecule is CC(CNCc1cccc(F)c1F)N1CCCCC1. The summed E-state index contributed by atoms with van der Waals surface area (Å²) in [6.45, 7) is 5.66. The molecule has 1 saturated heterocycles. The van der Waals surface area contributed by atoms with Crippen LogP contribution in [-0.2, 0) is 6.54 Å². The van der Waals surface area contributed by atoms with Crippen molar-refractivity contribution in [1.29, 1.82) is 0 Å². The quantitative estimate of drug-likeness (QED) is 0.883. The molecule has 0 saturated carbocycles. The van der Waals surface area contributed by atoms with Crippen LogP contribution >= 0.6 is 0 Å². The molecule has 1 unspecified atom stereocenters. The van der Waals surface area contributed by atoms with Crippen LogP contribution in [0.15, 0.2) is 18.2 Å². The van der Waals surface area contributed by atoms with Gasteiger partial charge in [0.25, 0.3) is 0 Å². The number of halogens is 2. The Labute approximate surface area is 113 Å². The molecule has 1 aromatic carbocycles. The number of hydrogen-bond donors (Lipinski definition) is 1. The summed E-state index contributed by atoms with van der Waals surface area (Å²) in [6, 6.07) is 4.76. The second-order valence-corrected chi connectivity index (χ2v) is 5.29. The Morgan fingerprint density at radius 3 is 2.68 bits per heavy atom. The Morgan fingerprint density at radius 1 is 1.21 bits per heavy atom. The lowest BCUT2D eigenvalue weighted by Gasteiger charge is -2.32. The molecule has 1 aliphatic heterocycles. The molecule has 1 aromatic rings. The highest BCUT2D eigenvalue weighted by Gasteiger charge is 2.16. The number of likely N-dealkylation sites (tertiary alicyclic amines) is 1. The van der Waals surface area contributed by atoms with Crippen LogP contribution in [0.25, 0.3) is 0 Å². The zero-order valence-corrected chi connectivity index (χ0v) is 11.5. The van der Waals surface area contributed by atoms with E-state index in [1.807, 2.05) is 0 Å². The summed E-state index contributed by atoms with van der Waals surface area (Å²) in [5, 5.41) is 3.22. The molecule has 1 fully saturated rings. The lowest BCUT2D eigenvalue weighted by atomic mass is 10.1. The maximum absolute atomic E-state index is 13.5. The summed E-state index contributed by atoms with van der Waals surface area (Å²) in [5.41, 5.74) is 0.394. The second kappa shape index (κ2) is 6.96. The van der Waals surface area contributed by atoms with E-state index in [4.69, 9.17) is 0 Å². The predicted molar refractivity (Wildman–Crippen MR) is 73.0 cm³/mol. The fourth-order valence-corrected chi connectivity index (χ4v) is 2.59. The van der Waals surface area contributed by atoms with Gasteiger partial charge in [0.05, 0.1) is 0 Å². The summed E-state index contributed by atoms with van der Waals surface area (Å²) in [4.78, 5) is 2.46. The average Bonchev–Trinajstić information content (AvgIpc) is 2.44. The summed E-state index contributed by atoms with van der Waals surface area (Å²) in [7, 11) is 0. The van der Waals surface area contributed by atoms with Crippen LogP contribution in [0.5, 0.6) is 0 Å². The zero-order valence-electron chi connectivity index (χ0n) is 11.5. The first-order valence-electron chi connectivity index (χ1n) is 7.06. The molecule has 0 aromatic heterocycles. The largest absolute Gasteiger partial charge is 0.311 e. The molecule has 0 spiro atoms. The van der Waals surface area contributed by atoms with Crippen LogP contribution in [0.3, 0.4) is 0 Å². The van der Waals surface area contributed by atoms with Crippen molar-refractivity contribution in [2.45, 2.75) is 38.8 Å². The molecule has 4 heteroatoms. The first kappa shape index (κ1) is 14.4. The van der Waals surface area contributed by atoms with E-state index in [-0.39, 0.29) is 0 Å². The van der Waals surface area contributed by atoms with Crippen molar-refractivity contribution in [3.63, 3.8) is 0 Å². The fraction of sp³-hybridized carbons (Fsp3) is 0.600. The van der Waals surface area contributed by atoms with Crippen molar-refractivity contribution in [3.8, 4) is 0 Å². The van der Waals surface area contributed by atoms with Crippen LogP contribution < -0.4 is 5.32 Å². The molecule has 0 radical (unpaired) electrons. The topological polar surface area (TPSA) is 15.3 Å². The monoisotopic (exact) mass is 268 g/mol. The van der Waals surface area contributed by atoms with Gasteiger partial charge in [0.15, 0.2) is 11.6 Å². The molecule has 1 heterocycles. The summed E-state index contributed by atoms with van der Waals surface area (Å²) >= 11 is 0. The smallest absolute Gasteiger partial charge is 0.163 e. The molecule has 106 valence electrons. The van der Waals surface area contributed by atoms with Crippen molar-refractivity contribution >= 4 is 0 Å². The fourth-order valence-electron chi connectivity index (χ4n) is 2.59. The number of benzene rings is 1. The third-order valence-electron chi connectivity index (χ3n) is 3.80. The minimum absolute atomic E-state index is 0.377. The predicted octanol–water partition coefficient (Wildman–Crippen LogP) is 2.93. The molecule has 0 bridgehead atoms. The van der Waals surface area contributed by atoms with E-state index in [2.05, 4.69) is 17.1 Å². The zero-order chi connectivity index (χ0) is 13.7. The van der Waals surface area contributed by atoms with Crippen molar-refractivity contribution < 1.29 is 8.78 Å². The van der Waals surface area contributed by atoms with Crippen LogP contribution in [0.1, 0.15) is 31.7 Å². The van der Waals surface area contributed by atoms with Gasteiger partial charge in [-0.05, 0) is 38.9 Å². The van der Waals surface area contributed by atoms with Crippen LogP contribution in [0, 0.1) is 11.6 Å². The van der Waals surface area contributed by atoms with E-state index in [0.717, 1.165) is 25.7 Å². The van der Waals surface area contributed by atoms with Gasteiger partial charge in [0.2, 0.25) is 0 Å². The summed E-state index contributed by atoms with van der Waals surface area (Å²) in [5.74, 6) is -1.51. The number of nitrogens with one attached hydrogen (secondary N) is 1. The third-order valence-corrected chi connectivity index (χ3v) is 3.80. The molecular formula is C15H22F2N2. The summed E-state index contributed by atoms with van der Waals surface area (Å²) < 4.78 is 26.5. The Kier molecular flexibility index (Phi) is 5.28. The second-order valence-electron chi connectivity index (χ2n) is 5.29. The highest BCUT2D eigenvalue weighted by Crippen LogP contribution is 2.13. The molecule has 1 N–H and O–H groups in total. The van der Waals surface area contributed by atoms with E-state index in [1.165, 1.54) is 19.3 Å². The maximum Gasteiger partial charge on any atom is 0.163 e. The number of hydrogen-bond acceptors (Lipinski definition) is 2. The normalized spacial score (nSPS) is 18.5. The Morgan fingerprint density at radius 2 is 1.95 bits per heavy atom. The molecule has 19 heavy (non-hydrogen) atoms. The van der Waals surface area contributed by atoms with Gasteiger partial charge in [-0.3, -0.25) is 4.90 Å². The number of piperidine rings is 1. The highest BCUT2D eigenvalue weighted by atomic mass is 19.2. The van der Waals surface area contributed by atoms with Crippen molar-refractivity contribution in [3.05, 3.63) is 35.4 Å². The molecular weight excluding hydrogens is 246 g/mol. The Balaban J connectivity index is 1.78. The van der Waals surface area contributed by atoms with E-state index in [1.54, 1.807) is 12.1 Å². The highest BCUT2D eigenvalue weighted by molar-refractivity contribution is 5.18. The first-order chi connectivity index (χ1) is 9.18.